The number of hydrogen-bond acceptors (Lipinski definition) is 3. The molecule has 0 bridgehead atoms. The van der Waals surface area contributed by atoms with Gasteiger partial charge in [-0.05, 0) is 36.6 Å². The second-order valence-corrected chi connectivity index (χ2v) is 5.87. The molecule has 0 N–H and O–H groups in total. The molecule has 1 atom stereocenters. The predicted octanol–water partition coefficient (Wildman–Crippen LogP) is 4.19. The van der Waals surface area contributed by atoms with Crippen LogP contribution in [-0.4, -0.2) is 21.4 Å². The molecule has 1 aromatic heterocycles. The Morgan fingerprint density at radius 3 is 2.54 bits per heavy atom. The fraction of sp³-hybridized carbons (Fsp3) is 0.200. The topological polar surface area (TPSA) is 39.9 Å². The Kier molecular flexibility index (Phi) is 3.65. The standard InChI is InChI=1S/C20H19N3O/c1-3-24-20-22-21-19-18(15-9-5-4-6-10-15)17-12-8-7-11-16(17)13-14(2)23(19)20/h4-13,18H,3H2,1-2H3. The zero-order valence-corrected chi connectivity index (χ0v) is 13.8. The van der Waals surface area contributed by atoms with Gasteiger partial charge in [0.15, 0.2) is 5.82 Å². The van der Waals surface area contributed by atoms with Crippen molar-refractivity contribution in [2.75, 3.05) is 6.61 Å². The van der Waals surface area contributed by atoms with Crippen molar-refractivity contribution in [3.05, 3.63) is 77.1 Å². The summed E-state index contributed by atoms with van der Waals surface area (Å²) in [5, 5.41) is 8.77. The van der Waals surface area contributed by atoms with Gasteiger partial charge in [0.1, 0.15) is 0 Å². The molecule has 0 saturated heterocycles. The maximum Gasteiger partial charge on any atom is 0.321 e. The average molecular weight is 317 g/mol. The van der Waals surface area contributed by atoms with E-state index in [1.54, 1.807) is 0 Å². The highest BCUT2D eigenvalue weighted by atomic mass is 16.5. The molecule has 0 spiro atoms. The van der Waals surface area contributed by atoms with Gasteiger partial charge in [0.05, 0.1) is 12.5 Å². The Hall–Kier alpha value is -2.88. The number of hydrogen-bond donors (Lipinski definition) is 0. The minimum Gasteiger partial charge on any atom is -0.464 e. The Labute approximate surface area is 141 Å². The van der Waals surface area contributed by atoms with Gasteiger partial charge < -0.3 is 4.74 Å². The Morgan fingerprint density at radius 2 is 1.75 bits per heavy atom. The van der Waals surface area contributed by atoms with E-state index in [1.165, 1.54) is 16.7 Å². The van der Waals surface area contributed by atoms with Crippen LogP contribution in [0.15, 0.2) is 54.6 Å². The van der Waals surface area contributed by atoms with Crippen LogP contribution in [0.3, 0.4) is 0 Å². The number of allylic oxidation sites excluding steroid dienone is 1. The third-order valence-electron chi connectivity index (χ3n) is 4.35. The summed E-state index contributed by atoms with van der Waals surface area (Å²) in [6.45, 7) is 4.59. The van der Waals surface area contributed by atoms with E-state index < -0.39 is 0 Å². The largest absolute Gasteiger partial charge is 0.464 e. The Bertz CT molecular complexity index is 896. The summed E-state index contributed by atoms with van der Waals surface area (Å²) < 4.78 is 7.73. The summed E-state index contributed by atoms with van der Waals surface area (Å²) in [7, 11) is 0. The van der Waals surface area contributed by atoms with Crippen molar-refractivity contribution in [2.45, 2.75) is 19.8 Å². The first kappa shape index (κ1) is 14.7. The molecule has 2 aromatic carbocycles. The molecule has 1 aliphatic heterocycles. The van der Waals surface area contributed by atoms with Gasteiger partial charge in [0, 0.05) is 5.70 Å². The lowest BCUT2D eigenvalue weighted by atomic mass is 9.88. The van der Waals surface area contributed by atoms with Gasteiger partial charge in [-0.15, -0.1) is 5.10 Å². The van der Waals surface area contributed by atoms with Crippen molar-refractivity contribution in [3.8, 4) is 6.01 Å². The second kappa shape index (κ2) is 5.96. The van der Waals surface area contributed by atoms with Gasteiger partial charge in [-0.1, -0.05) is 59.7 Å². The first-order valence-electron chi connectivity index (χ1n) is 8.20. The summed E-state index contributed by atoms with van der Waals surface area (Å²) in [4.78, 5) is 0. The molecular formula is C20H19N3O. The third kappa shape index (κ3) is 2.31. The van der Waals surface area contributed by atoms with Gasteiger partial charge >= 0.3 is 6.01 Å². The summed E-state index contributed by atoms with van der Waals surface area (Å²) >= 11 is 0. The van der Waals surface area contributed by atoms with Gasteiger partial charge in [0.25, 0.3) is 0 Å². The first-order chi connectivity index (χ1) is 11.8. The van der Waals surface area contributed by atoms with Crippen molar-refractivity contribution in [3.63, 3.8) is 0 Å². The highest BCUT2D eigenvalue weighted by molar-refractivity contribution is 5.75. The molecule has 4 heteroatoms. The molecule has 1 aliphatic rings. The Morgan fingerprint density at radius 1 is 1.00 bits per heavy atom. The predicted molar refractivity (Wildman–Crippen MR) is 94.9 cm³/mol. The van der Waals surface area contributed by atoms with E-state index in [2.05, 4.69) is 71.7 Å². The number of rotatable bonds is 3. The average Bonchev–Trinajstić information content (AvgIpc) is 2.96. The summed E-state index contributed by atoms with van der Waals surface area (Å²) in [5.41, 5.74) is 4.70. The lowest BCUT2D eigenvalue weighted by molar-refractivity contribution is 0.306. The summed E-state index contributed by atoms with van der Waals surface area (Å²) in [6.07, 6.45) is 2.17. The normalized spacial score (nSPS) is 15.9. The minimum absolute atomic E-state index is 0.0257. The molecule has 120 valence electrons. The summed E-state index contributed by atoms with van der Waals surface area (Å²) in [6, 6.07) is 19.5. The highest BCUT2D eigenvalue weighted by Crippen LogP contribution is 2.39. The quantitative estimate of drug-likeness (QED) is 0.727. The molecule has 4 rings (SSSR count). The lowest BCUT2D eigenvalue weighted by Gasteiger charge is -2.18. The van der Waals surface area contributed by atoms with E-state index in [9.17, 15) is 0 Å². The molecule has 0 saturated carbocycles. The van der Waals surface area contributed by atoms with Crippen molar-refractivity contribution >= 4 is 11.8 Å². The molecule has 4 nitrogen and oxygen atoms in total. The maximum atomic E-state index is 5.70. The smallest absolute Gasteiger partial charge is 0.321 e. The fourth-order valence-corrected chi connectivity index (χ4v) is 3.33. The minimum atomic E-state index is 0.0257. The van der Waals surface area contributed by atoms with Crippen molar-refractivity contribution in [2.24, 2.45) is 0 Å². The molecule has 2 heterocycles. The van der Waals surface area contributed by atoms with E-state index in [0.29, 0.717) is 12.6 Å². The molecule has 3 aromatic rings. The van der Waals surface area contributed by atoms with Gasteiger partial charge in [-0.3, -0.25) is 4.57 Å². The fourth-order valence-electron chi connectivity index (χ4n) is 3.33. The summed E-state index contributed by atoms with van der Waals surface area (Å²) in [5.74, 6) is 0.918. The molecule has 1 unspecified atom stereocenters. The van der Waals surface area contributed by atoms with Crippen LogP contribution in [0.2, 0.25) is 0 Å². The molecule has 24 heavy (non-hydrogen) atoms. The monoisotopic (exact) mass is 317 g/mol. The van der Waals surface area contributed by atoms with E-state index in [-0.39, 0.29) is 5.92 Å². The van der Waals surface area contributed by atoms with Gasteiger partial charge in [-0.2, -0.15) is 0 Å². The van der Waals surface area contributed by atoms with Crippen LogP contribution in [0, 0.1) is 0 Å². The van der Waals surface area contributed by atoms with E-state index in [0.717, 1.165) is 11.5 Å². The number of aromatic nitrogens is 3. The number of benzene rings is 2. The van der Waals surface area contributed by atoms with E-state index in [4.69, 9.17) is 4.74 Å². The van der Waals surface area contributed by atoms with Crippen molar-refractivity contribution in [1.29, 1.82) is 0 Å². The van der Waals surface area contributed by atoms with Crippen molar-refractivity contribution < 1.29 is 4.74 Å². The molecule has 0 fully saturated rings. The third-order valence-corrected chi connectivity index (χ3v) is 4.35. The van der Waals surface area contributed by atoms with Crippen LogP contribution in [-0.2, 0) is 0 Å². The van der Waals surface area contributed by atoms with Crippen LogP contribution in [0.1, 0.15) is 42.3 Å². The highest BCUT2D eigenvalue weighted by Gasteiger charge is 2.29. The van der Waals surface area contributed by atoms with Crippen molar-refractivity contribution in [1.82, 2.24) is 14.8 Å². The van der Waals surface area contributed by atoms with Crippen LogP contribution < -0.4 is 4.74 Å². The first-order valence-corrected chi connectivity index (χ1v) is 8.20. The van der Waals surface area contributed by atoms with Gasteiger partial charge in [-0.25, -0.2) is 0 Å². The molecule has 0 radical (unpaired) electrons. The number of nitrogens with zero attached hydrogens (tertiary/aromatic N) is 3. The zero-order valence-electron chi connectivity index (χ0n) is 13.8. The van der Waals surface area contributed by atoms with E-state index in [1.807, 2.05) is 17.6 Å². The van der Waals surface area contributed by atoms with E-state index >= 15 is 0 Å². The van der Waals surface area contributed by atoms with Crippen LogP contribution in [0.5, 0.6) is 6.01 Å². The maximum absolute atomic E-state index is 5.70. The number of fused-ring (bicyclic) bond motifs is 2. The second-order valence-electron chi connectivity index (χ2n) is 5.87. The molecule has 0 amide bonds. The van der Waals surface area contributed by atoms with Crippen LogP contribution in [0.4, 0.5) is 0 Å². The van der Waals surface area contributed by atoms with Gasteiger partial charge in [0.2, 0.25) is 0 Å². The Balaban J connectivity index is 2.00. The van der Waals surface area contributed by atoms with Crippen LogP contribution in [0.25, 0.3) is 11.8 Å². The molecule has 0 aliphatic carbocycles. The zero-order chi connectivity index (χ0) is 16.5. The van der Waals surface area contributed by atoms with Crippen LogP contribution >= 0.6 is 0 Å². The lowest BCUT2D eigenvalue weighted by Crippen LogP contribution is -2.11. The molecular weight excluding hydrogens is 298 g/mol. The SMILES string of the molecule is CCOc1nnc2n1C(C)=Cc1ccccc1C2c1ccccc1. The number of ether oxygens (including phenoxy) is 1.